The molecule has 198 valence electrons. The number of hydrogen-bond acceptors (Lipinski definition) is 7. The highest BCUT2D eigenvalue weighted by atomic mass is 79.9. The van der Waals surface area contributed by atoms with Crippen LogP contribution in [-0.4, -0.2) is 51.7 Å². The van der Waals surface area contributed by atoms with E-state index in [1.165, 1.54) is 23.4 Å². The largest absolute Gasteiger partial charge is 0.338 e. The SMILES string of the molecule is CC(=O)c1cccc(S(=O)(=O)N2CCC(c3ccccc3)(c3nc(-c4nc5ccc(Br)cc5[nH]4)no3)CC2)c1. The lowest BCUT2D eigenvalue weighted by molar-refractivity contribution is 0.101. The highest BCUT2D eigenvalue weighted by Gasteiger charge is 2.45. The van der Waals surface area contributed by atoms with Crippen LogP contribution in [0.4, 0.5) is 0 Å². The maximum atomic E-state index is 13.5. The molecular weight excluding hydrogens is 582 g/mol. The minimum absolute atomic E-state index is 0.110. The summed E-state index contributed by atoms with van der Waals surface area (Å²) in [6.07, 6.45) is 0.884. The number of rotatable bonds is 6. The number of Topliss-reactive ketones (excluding diaryl/α,β-unsaturated/α-hetero) is 1. The number of carbonyl (C=O) groups is 1. The predicted molar refractivity (Wildman–Crippen MR) is 149 cm³/mol. The first-order valence-corrected chi connectivity index (χ1v) is 14.7. The molecule has 1 saturated heterocycles. The number of hydrogen-bond donors (Lipinski definition) is 1. The fraction of sp³-hybridized carbons (Fsp3) is 0.214. The summed E-state index contributed by atoms with van der Waals surface area (Å²) in [6, 6.07) is 21.8. The van der Waals surface area contributed by atoms with Crippen molar-refractivity contribution in [2.24, 2.45) is 0 Å². The molecule has 3 aromatic carbocycles. The molecule has 1 fully saturated rings. The number of nitrogens with one attached hydrogen (secondary N) is 1. The van der Waals surface area contributed by atoms with Crippen LogP contribution in [0.15, 0.2) is 86.7 Å². The Bertz CT molecular complexity index is 1790. The van der Waals surface area contributed by atoms with Crippen molar-refractivity contribution in [3.05, 3.63) is 94.3 Å². The number of carbonyl (C=O) groups excluding carboxylic acids is 1. The van der Waals surface area contributed by atoms with Gasteiger partial charge < -0.3 is 9.51 Å². The van der Waals surface area contributed by atoms with Gasteiger partial charge in [-0.3, -0.25) is 4.79 Å². The lowest BCUT2D eigenvalue weighted by Crippen LogP contribution is -2.45. The highest BCUT2D eigenvalue weighted by molar-refractivity contribution is 9.10. The van der Waals surface area contributed by atoms with Crippen LogP contribution >= 0.6 is 15.9 Å². The fourth-order valence-electron chi connectivity index (χ4n) is 5.12. The van der Waals surface area contributed by atoms with Gasteiger partial charge in [0.15, 0.2) is 11.6 Å². The Hall–Kier alpha value is -3.67. The molecule has 39 heavy (non-hydrogen) atoms. The summed E-state index contributed by atoms with van der Waals surface area (Å²) in [4.78, 5) is 24.5. The second-order valence-electron chi connectivity index (χ2n) is 9.61. The maximum absolute atomic E-state index is 13.5. The van der Waals surface area contributed by atoms with E-state index in [0.29, 0.717) is 35.9 Å². The van der Waals surface area contributed by atoms with Crippen LogP contribution < -0.4 is 0 Å². The number of halogens is 1. The van der Waals surface area contributed by atoms with Crippen LogP contribution in [0.25, 0.3) is 22.7 Å². The quantitative estimate of drug-likeness (QED) is 0.259. The second-order valence-corrected chi connectivity index (χ2v) is 12.5. The fourth-order valence-corrected chi connectivity index (χ4v) is 6.97. The number of benzene rings is 3. The molecule has 0 radical (unpaired) electrons. The van der Waals surface area contributed by atoms with Crippen molar-refractivity contribution in [1.82, 2.24) is 24.4 Å². The topological polar surface area (TPSA) is 122 Å². The van der Waals surface area contributed by atoms with Gasteiger partial charge in [-0.05, 0) is 55.7 Å². The Kier molecular flexibility index (Phi) is 6.44. The average Bonchev–Trinajstić information content (AvgIpc) is 3.61. The average molecular weight is 607 g/mol. The number of H-pyrrole nitrogens is 1. The molecule has 11 heteroatoms. The molecule has 0 unspecified atom stereocenters. The third kappa shape index (κ3) is 4.60. The standard InChI is InChI=1S/C28H24BrN5O4S/c1-18(35)19-6-5-9-22(16-19)39(36,37)34-14-12-28(13-15-34,20-7-3-2-4-8-20)27-32-26(33-38-27)25-30-23-11-10-21(29)17-24(23)31-25/h2-11,16-17H,12-15H2,1H3,(H,30,31). The second kappa shape index (κ2) is 9.82. The van der Waals surface area contributed by atoms with E-state index >= 15 is 0 Å². The molecule has 5 aromatic rings. The van der Waals surface area contributed by atoms with E-state index in [9.17, 15) is 13.2 Å². The zero-order valence-electron chi connectivity index (χ0n) is 21.0. The van der Waals surface area contributed by atoms with Gasteiger partial charge in [0, 0.05) is 23.1 Å². The zero-order valence-corrected chi connectivity index (χ0v) is 23.4. The van der Waals surface area contributed by atoms with Crippen molar-refractivity contribution >= 4 is 42.8 Å². The summed E-state index contributed by atoms with van der Waals surface area (Å²) in [6.45, 7) is 1.92. The summed E-state index contributed by atoms with van der Waals surface area (Å²) in [5, 5.41) is 4.24. The molecule has 1 aliphatic heterocycles. The van der Waals surface area contributed by atoms with E-state index in [2.05, 4.69) is 31.1 Å². The summed E-state index contributed by atoms with van der Waals surface area (Å²) in [5.41, 5.74) is 2.29. The molecule has 1 N–H and O–H groups in total. The van der Waals surface area contributed by atoms with E-state index in [-0.39, 0.29) is 23.8 Å². The Labute approximate surface area is 233 Å². The van der Waals surface area contributed by atoms with Crippen molar-refractivity contribution < 1.29 is 17.7 Å². The molecule has 0 bridgehead atoms. The Morgan fingerprint density at radius 2 is 1.77 bits per heavy atom. The van der Waals surface area contributed by atoms with Gasteiger partial charge in [-0.15, -0.1) is 0 Å². The highest BCUT2D eigenvalue weighted by Crippen LogP contribution is 2.42. The molecule has 0 aliphatic carbocycles. The van der Waals surface area contributed by atoms with Gasteiger partial charge in [-0.1, -0.05) is 63.6 Å². The van der Waals surface area contributed by atoms with Crippen molar-refractivity contribution in [2.75, 3.05) is 13.1 Å². The van der Waals surface area contributed by atoms with Crippen molar-refractivity contribution in [3.63, 3.8) is 0 Å². The van der Waals surface area contributed by atoms with Crippen LogP contribution in [0, 0.1) is 0 Å². The van der Waals surface area contributed by atoms with E-state index in [0.717, 1.165) is 21.1 Å². The summed E-state index contributed by atoms with van der Waals surface area (Å²) >= 11 is 3.47. The third-order valence-electron chi connectivity index (χ3n) is 7.27. The molecule has 0 amide bonds. The normalized spacial score (nSPS) is 15.9. The zero-order chi connectivity index (χ0) is 27.2. The molecular formula is C28H24BrN5O4S. The van der Waals surface area contributed by atoms with Crippen LogP contribution in [0.3, 0.4) is 0 Å². The number of aromatic nitrogens is 4. The predicted octanol–water partition coefficient (Wildman–Crippen LogP) is 5.35. The van der Waals surface area contributed by atoms with Crippen molar-refractivity contribution in [3.8, 4) is 11.6 Å². The minimum Gasteiger partial charge on any atom is -0.338 e. The minimum atomic E-state index is -3.79. The first-order chi connectivity index (χ1) is 18.8. The first-order valence-electron chi connectivity index (χ1n) is 12.4. The number of aromatic amines is 1. The van der Waals surface area contributed by atoms with Crippen molar-refractivity contribution in [1.29, 1.82) is 0 Å². The smallest absolute Gasteiger partial charge is 0.243 e. The van der Waals surface area contributed by atoms with Gasteiger partial charge in [-0.2, -0.15) is 9.29 Å². The van der Waals surface area contributed by atoms with Gasteiger partial charge >= 0.3 is 0 Å². The molecule has 0 atom stereocenters. The number of ketones is 1. The number of fused-ring (bicyclic) bond motifs is 1. The van der Waals surface area contributed by atoms with Gasteiger partial charge in [-0.25, -0.2) is 13.4 Å². The van der Waals surface area contributed by atoms with Gasteiger partial charge in [0.2, 0.25) is 21.7 Å². The summed E-state index contributed by atoms with van der Waals surface area (Å²) in [5.74, 6) is 1.06. The van der Waals surface area contributed by atoms with Crippen LogP contribution in [-0.2, 0) is 15.4 Å². The van der Waals surface area contributed by atoms with Gasteiger partial charge in [0.25, 0.3) is 0 Å². The molecule has 1 aliphatic rings. The van der Waals surface area contributed by atoms with Crippen LogP contribution in [0.1, 0.15) is 41.6 Å². The number of imidazole rings is 1. The number of sulfonamides is 1. The van der Waals surface area contributed by atoms with E-state index in [4.69, 9.17) is 9.51 Å². The van der Waals surface area contributed by atoms with Crippen LogP contribution in [0.2, 0.25) is 0 Å². The molecule has 0 spiro atoms. The molecule has 3 heterocycles. The third-order valence-corrected chi connectivity index (χ3v) is 9.66. The van der Waals surface area contributed by atoms with E-state index in [1.807, 2.05) is 48.5 Å². The number of nitrogens with zero attached hydrogens (tertiary/aromatic N) is 4. The lowest BCUT2D eigenvalue weighted by atomic mass is 9.73. The first kappa shape index (κ1) is 25.6. The Balaban J connectivity index is 1.33. The summed E-state index contributed by atoms with van der Waals surface area (Å²) in [7, 11) is -3.79. The van der Waals surface area contributed by atoms with Crippen molar-refractivity contribution in [2.45, 2.75) is 30.1 Å². The molecule has 2 aromatic heterocycles. The van der Waals surface area contributed by atoms with E-state index in [1.54, 1.807) is 12.1 Å². The van der Waals surface area contributed by atoms with Crippen LogP contribution in [0.5, 0.6) is 0 Å². The molecule has 0 saturated carbocycles. The summed E-state index contributed by atoms with van der Waals surface area (Å²) < 4.78 is 35.2. The Morgan fingerprint density at radius 1 is 1.00 bits per heavy atom. The monoisotopic (exact) mass is 605 g/mol. The Morgan fingerprint density at radius 3 is 2.51 bits per heavy atom. The lowest BCUT2D eigenvalue weighted by Gasteiger charge is -2.39. The van der Waals surface area contributed by atoms with Gasteiger partial charge in [0.1, 0.15) is 0 Å². The van der Waals surface area contributed by atoms with E-state index < -0.39 is 15.4 Å². The molecule has 9 nitrogen and oxygen atoms in total. The maximum Gasteiger partial charge on any atom is 0.243 e. The number of piperidine rings is 1. The van der Waals surface area contributed by atoms with Gasteiger partial charge in [0.05, 0.1) is 21.3 Å². The molecule has 6 rings (SSSR count).